The highest BCUT2D eigenvalue weighted by atomic mass is 15.1. The molecule has 4 heteroatoms. The highest BCUT2D eigenvalue weighted by Crippen LogP contribution is 2.53. The molecule has 0 bridgehead atoms. The van der Waals surface area contributed by atoms with Crippen LogP contribution < -0.4 is 0 Å². The summed E-state index contributed by atoms with van der Waals surface area (Å²) < 4.78 is 0. The van der Waals surface area contributed by atoms with Crippen molar-refractivity contribution in [1.29, 1.82) is 0 Å². The Morgan fingerprint density at radius 2 is 0.469 bits per heavy atom. The lowest BCUT2D eigenvalue weighted by atomic mass is 9.66. The van der Waals surface area contributed by atoms with Crippen LogP contribution in [0, 0.1) is 0 Å². The zero-order chi connectivity index (χ0) is 22.2. The summed E-state index contributed by atoms with van der Waals surface area (Å²) >= 11 is 0. The SMILES string of the molecule is CN1C=CC(=C2C(=C3C=CN(C)C=C3)C(=C3C=CN(C)C=C3)C2=C2C=CN(C)C=C2)C=C1. The van der Waals surface area contributed by atoms with Gasteiger partial charge in [0.1, 0.15) is 0 Å². The number of hydrogen-bond acceptors (Lipinski definition) is 4. The standard InChI is InChI=1S/C28H28N4/c1-29-13-5-21(6-14-29)25-26(22-7-15-30(2)16-8-22)28(24-11-19-32(4)20-12-24)27(25)23-9-17-31(3)18-10-23/h5-20H,1-4H3. The molecule has 0 aromatic carbocycles. The van der Waals surface area contributed by atoms with Gasteiger partial charge in [0.05, 0.1) is 0 Å². The third-order valence-corrected chi connectivity index (χ3v) is 6.07. The maximum atomic E-state index is 2.21. The zero-order valence-electron chi connectivity index (χ0n) is 19.0. The first-order chi connectivity index (χ1) is 15.5. The van der Waals surface area contributed by atoms with Crippen LogP contribution in [0.15, 0.2) is 143 Å². The first-order valence-electron chi connectivity index (χ1n) is 10.8. The summed E-state index contributed by atoms with van der Waals surface area (Å²) in [7, 11) is 8.22. The summed E-state index contributed by atoms with van der Waals surface area (Å²) in [6, 6.07) is 0. The van der Waals surface area contributed by atoms with E-state index in [1.807, 2.05) is 0 Å². The fourth-order valence-electron chi connectivity index (χ4n) is 4.26. The van der Waals surface area contributed by atoms with Crippen molar-refractivity contribution >= 4 is 0 Å². The van der Waals surface area contributed by atoms with Crippen LogP contribution in [-0.4, -0.2) is 47.8 Å². The smallest absolute Gasteiger partial charge is 0.0106 e. The maximum Gasteiger partial charge on any atom is 0.0106 e. The molecule has 0 aromatic heterocycles. The average Bonchev–Trinajstić information content (AvgIpc) is 2.78. The van der Waals surface area contributed by atoms with Crippen LogP contribution in [-0.2, 0) is 0 Å². The zero-order valence-corrected chi connectivity index (χ0v) is 19.0. The third-order valence-electron chi connectivity index (χ3n) is 6.07. The quantitative estimate of drug-likeness (QED) is 0.542. The molecule has 0 N–H and O–H groups in total. The van der Waals surface area contributed by atoms with Gasteiger partial charge in [-0.25, -0.2) is 0 Å². The van der Waals surface area contributed by atoms with Gasteiger partial charge in [0.25, 0.3) is 0 Å². The molecule has 1 aliphatic carbocycles. The Kier molecular flexibility index (Phi) is 4.98. The minimum absolute atomic E-state index is 1.24. The molecule has 0 radical (unpaired) electrons. The molecule has 4 nitrogen and oxygen atoms in total. The Bertz CT molecular complexity index is 946. The van der Waals surface area contributed by atoms with Gasteiger partial charge < -0.3 is 19.6 Å². The molecular formula is C28H28N4. The molecule has 0 saturated heterocycles. The molecule has 1 fully saturated rings. The van der Waals surface area contributed by atoms with Gasteiger partial charge in [-0.05, 0) is 93.2 Å². The van der Waals surface area contributed by atoms with Gasteiger partial charge in [-0.2, -0.15) is 0 Å². The predicted octanol–water partition coefficient (Wildman–Crippen LogP) is 5.08. The molecule has 1 saturated carbocycles. The molecule has 0 atom stereocenters. The van der Waals surface area contributed by atoms with E-state index in [2.05, 4.69) is 146 Å². The summed E-state index contributed by atoms with van der Waals surface area (Å²) in [5.74, 6) is 0. The molecule has 4 aliphatic heterocycles. The molecule has 5 aliphatic rings. The van der Waals surface area contributed by atoms with Crippen molar-refractivity contribution in [2.24, 2.45) is 0 Å². The molecule has 32 heavy (non-hydrogen) atoms. The second kappa shape index (κ2) is 7.97. The summed E-state index contributed by atoms with van der Waals surface area (Å²) in [4.78, 5) is 8.31. The minimum atomic E-state index is 1.24. The highest BCUT2D eigenvalue weighted by molar-refractivity contribution is 5.88. The van der Waals surface area contributed by atoms with Gasteiger partial charge in [-0.3, -0.25) is 0 Å². The average molecular weight is 421 g/mol. The molecule has 0 unspecified atom stereocenters. The Hall–Kier alpha value is -3.92. The Morgan fingerprint density at radius 1 is 0.312 bits per heavy atom. The number of allylic oxidation sites excluding steroid dienone is 16. The molecule has 5 rings (SSSR count). The predicted molar refractivity (Wildman–Crippen MR) is 132 cm³/mol. The van der Waals surface area contributed by atoms with E-state index in [0.717, 1.165) is 0 Å². The molecule has 160 valence electrons. The first-order valence-corrected chi connectivity index (χ1v) is 10.8. The summed E-state index contributed by atoms with van der Waals surface area (Å²) in [5, 5.41) is 0. The minimum Gasteiger partial charge on any atom is -0.357 e. The second-order valence-corrected chi connectivity index (χ2v) is 8.51. The van der Waals surface area contributed by atoms with Crippen molar-refractivity contribution in [2.45, 2.75) is 0 Å². The van der Waals surface area contributed by atoms with Crippen LogP contribution in [0.25, 0.3) is 0 Å². The summed E-state index contributed by atoms with van der Waals surface area (Å²) in [5.41, 5.74) is 10.2. The number of hydrogen-bond donors (Lipinski definition) is 0. The van der Waals surface area contributed by atoms with Crippen molar-refractivity contribution in [2.75, 3.05) is 28.2 Å². The second-order valence-electron chi connectivity index (χ2n) is 8.51. The van der Waals surface area contributed by atoms with Crippen molar-refractivity contribution in [3.05, 3.63) is 143 Å². The van der Waals surface area contributed by atoms with E-state index in [0.29, 0.717) is 0 Å². The van der Waals surface area contributed by atoms with Crippen LogP contribution in [0.4, 0.5) is 0 Å². The lowest BCUT2D eigenvalue weighted by Gasteiger charge is -2.38. The van der Waals surface area contributed by atoms with Crippen LogP contribution in [0.1, 0.15) is 0 Å². The van der Waals surface area contributed by atoms with Gasteiger partial charge in [0.15, 0.2) is 0 Å². The van der Waals surface area contributed by atoms with Gasteiger partial charge in [-0.1, -0.05) is 0 Å². The molecule has 0 amide bonds. The van der Waals surface area contributed by atoms with Gasteiger partial charge in [0.2, 0.25) is 0 Å². The molecule has 0 spiro atoms. The van der Waals surface area contributed by atoms with Gasteiger partial charge in [0, 0.05) is 77.8 Å². The van der Waals surface area contributed by atoms with E-state index in [-0.39, 0.29) is 0 Å². The van der Waals surface area contributed by atoms with E-state index >= 15 is 0 Å². The van der Waals surface area contributed by atoms with E-state index in [1.165, 1.54) is 44.6 Å². The largest absolute Gasteiger partial charge is 0.357 e. The van der Waals surface area contributed by atoms with Crippen molar-refractivity contribution < 1.29 is 0 Å². The summed E-state index contributed by atoms with van der Waals surface area (Å²) in [6.07, 6.45) is 34.6. The van der Waals surface area contributed by atoms with E-state index in [9.17, 15) is 0 Å². The fraction of sp³-hybridized carbons (Fsp3) is 0.143. The van der Waals surface area contributed by atoms with Gasteiger partial charge >= 0.3 is 0 Å². The fourth-order valence-corrected chi connectivity index (χ4v) is 4.26. The number of rotatable bonds is 0. The normalized spacial score (nSPS) is 21.9. The Balaban J connectivity index is 1.79. The Morgan fingerprint density at radius 3 is 0.625 bits per heavy atom. The Labute approximate surface area is 190 Å². The van der Waals surface area contributed by atoms with Gasteiger partial charge in [-0.15, -0.1) is 0 Å². The van der Waals surface area contributed by atoms with Crippen molar-refractivity contribution in [1.82, 2.24) is 19.6 Å². The monoisotopic (exact) mass is 420 g/mol. The van der Waals surface area contributed by atoms with Crippen LogP contribution >= 0.6 is 0 Å². The van der Waals surface area contributed by atoms with E-state index < -0.39 is 0 Å². The first kappa shape index (κ1) is 20.0. The molecule has 4 heterocycles. The lowest BCUT2D eigenvalue weighted by molar-refractivity contribution is 0.617. The van der Waals surface area contributed by atoms with Crippen molar-refractivity contribution in [3.63, 3.8) is 0 Å². The van der Waals surface area contributed by atoms with Crippen LogP contribution in [0.2, 0.25) is 0 Å². The summed E-state index contributed by atoms with van der Waals surface area (Å²) in [6.45, 7) is 0. The molecule has 0 aromatic rings. The van der Waals surface area contributed by atoms with Crippen LogP contribution in [0.3, 0.4) is 0 Å². The highest BCUT2D eigenvalue weighted by Gasteiger charge is 2.37. The topological polar surface area (TPSA) is 13.0 Å². The lowest BCUT2D eigenvalue weighted by Crippen LogP contribution is -2.23. The number of nitrogens with zero attached hydrogens (tertiary/aromatic N) is 4. The third kappa shape index (κ3) is 3.54. The molecular weight excluding hydrogens is 392 g/mol. The van der Waals surface area contributed by atoms with Crippen molar-refractivity contribution in [3.8, 4) is 0 Å². The van der Waals surface area contributed by atoms with E-state index in [4.69, 9.17) is 0 Å². The van der Waals surface area contributed by atoms with Crippen LogP contribution in [0.5, 0.6) is 0 Å². The van der Waals surface area contributed by atoms with E-state index in [1.54, 1.807) is 0 Å². The maximum absolute atomic E-state index is 2.21.